The number of carbonyl (C=O) groups is 1. The first-order chi connectivity index (χ1) is 5.22. The van der Waals surface area contributed by atoms with Gasteiger partial charge in [0.25, 0.3) is 0 Å². The molecule has 0 unspecified atom stereocenters. The SMILES string of the molecule is CCCCC/C(Cl)=C(/Cl)C=O. The summed E-state index contributed by atoms with van der Waals surface area (Å²) < 4.78 is 0. The molecule has 0 rings (SSSR count). The van der Waals surface area contributed by atoms with E-state index < -0.39 is 0 Å². The van der Waals surface area contributed by atoms with Crippen molar-refractivity contribution >= 4 is 29.5 Å². The lowest BCUT2D eigenvalue weighted by Gasteiger charge is -1.97. The molecule has 0 aromatic heterocycles. The number of allylic oxidation sites excluding steroid dienone is 2. The van der Waals surface area contributed by atoms with Crippen LogP contribution in [-0.2, 0) is 4.79 Å². The molecule has 0 amide bonds. The molecule has 0 N–H and O–H groups in total. The summed E-state index contributed by atoms with van der Waals surface area (Å²) in [5, 5.41) is 0.623. The third kappa shape index (κ3) is 5.28. The van der Waals surface area contributed by atoms with Crippen molar-refractivity contribution < 1.29 is 4.79 Å². The Bertz CT molecular complexity index is 152. The second kappa shape index (κ2) is 6.68. The number of unbranched alkanes of at least 4 members (excludes halogenated alkanes) is 2. The van der Waals surface area contributed by atoms with Crippen molar-refractivity contribution in [3.63, 3.8) is 0 Å². The molecular weight excluding hydrogens is 183 g/mol. The second-order valence-electron chi connectivity index (χ2n) is 2.33. The number of aldehydes is 1. The predicted octanol–water partition coefficient (Wildman–Crippen LogP) is 3.45. The van der Waals surface area contributed by atoms with E-state index in [4.69, 9.17) is 23.2 Å². The molecule has 0 aromatic rings. The van der Waals surface area contributed by atoms with Gasteiger partial charge in [-0.25, -0.2) is 0 Å². The Kier molecular flexibility index (Phi) is 6.68. The lowest BCUT2D eigenvalue weighted by atomic mass is 10.2. The maximum Gasteiger partial charge on any atom is 0.162 e. The van der Waals surface area contributed by atoms with Crippen molar-refractivity contribution in [2.75, 3.05) is 0 Å². The van der Waals surface area contributed by atoms with E-state index in [2.05, 4.69) is 6.92 Å². The molecule has 0 radical (unpaired) electrons. The fraction of sp³-hybridized carbons (Fsp3) is 0.625. The summed E-state index contributed by atoms with van der Waals surface area (Å²) in [5.41, 5.74) is 0. The molecule has 0 atom stereocenters. The van der Waals surface area contributed by atoms with Gasteiger partial charge in [0.15, 0.2) is 6.29 Å². The van der Waals surface area contributed by atoms with Crippen LogP contribution in [0.3, 0.4) is 0 Å². The van der Waals surface area contributed by atoms with Crippen LogP contribution < -0.4 is 0 Å². The van der Waals surface area contributed by atoms with E-state index >= 15 is 0 Å². The third-order valence-electron chi connectivity index (χ3n) is 1.36. The van der Waals surface area contributed by atoms with Crippen LogP contribution in [0.15, 0.2) is 10.1 Å². The van der Waals surface area contributed by atoms with E-state index in [0.29, 0.717) is 17.7 Å². The highest BCUT2D eigenvalue weighted by Crippen LogP contribution is 2.18. The number of hydrogen-bond acceptors (Lipinski definition) is 1. The van der Waals surface area contributed by atoms with Gasteiger partial charge >= 0.3 is 0 Å². The first-order valence-corrected chi connectivity index (χ1v) is 4.47. The molecule has 0 spiro atoms. The Balaban J connectivity index is 3.67. The van der Waals surface area contributed by atoms with Crippen molar-refractivity contribution in [3.8, 4) is 0 Å². The molecule has 11 heavy (non-hydrogen) atoms. The molecule has 0 heterocycles. The smallest absolute Gasteiger partial charge is 0.162 e. The molecule has 0 aliphatic carbocycles. The fourth-order valence-electron chi connectivity index (χ4n) is 0.714. The topological polar surface area (TPSA) is 17.1 Å². The molecule has 3 heteroatoms. The van der Waals surface area contributed by atoms with E-state index in [9.17, 15) is 4.79 Å². The Labute approximate surface area is 77.4 Å². The van der Waals surface area contributed by atoms with Crippen molar-refractivity contribution in [1.82, 2.24) is 0 Å². The summed E-state index contributed by atoms with van der Waals surface area (Å²) in [6, 6.07) is 0. The van der Waals surface area contributed by atoms with Crippen molar-refractivity contribution in [2.45, 2.75) is 32.6 Å². The predicted molar refractivity (Wildman–Crippen MR) is 48.9 cm³/mol. The van der Waals surface area contributed by atoms with Gasteiger partial charge in [0.2, 0.25) is 0 Å². The van der Waals surface area contributed by atoms with Gasteiger partial charge in [0.05, 0.1) is 5.03 Å². The van der Waals surface area contributed by atoms with Crippen LogP contribution in [0.1, 0.15) is 32.6 Å². The molecule has 0 aliphatic heterocycles. The van der Waals surface area contributed by atoms with Gasteiger partial charge in [0, 0.05) is 5.03 Å². The summed E-state index contributed by atoms with van der Waals surface area (Å²) in [7, 11) is 0. The van der Waals surface area contributed by atoms with E-state index in [1.165, 1.54) is 0 Å². The largest absolute Gasteiger partial charge is 0.297 e. The minimum Gasteiger partial charge on any atom is -0.297 e. The summed E-state index contributed by atoms with van der Waals surface area (Å²) >= 11 is 11.2. The molecule has 0 saturated carbocycles. The zero-order valence-electron chi connectivity index (χ0n) is 6.57. The first kappa shape index (κ1) is 11.0. The van der Waals surface area contributed by atoms with E-state index in [1.807, 2.05) is 0 Å². The maximum atomic E-state index is 10.1. The molecule has 0 saturated heterocycles. The third-order valence-corrected chi connectivity index (χ3v) is 2.17. The highest BCUT2D eigenvalue weighted by atomic mass is 35.5. The number of hydrogen-bond donors (Lipinski definition) is 0. The highest BCUT2D eigenvalue weighted by Gasteiger charge is 1.99. The minimum atomic E-state index is 0.141. The van der Waals surface area contributed by atoms with Crippen LogP contribution in [-0.4, -0.2) is 6.29 Å². The van der Waals surface area contributed by atoms with E-state index in [-0.39, 0.29) is 5.03 Å². The summed E-state index contributed by atoms with van der Waals surface area (Å²) in [5.74, 6) is 0. The van der Waals surface area contributed by atoms with Crippen LogP contribution in [0, 0.1) is 0 Å². The fourth-order valence-corrected chi connectivity index (χ4v) is 0.986. The van der Waals surface area contributed by atoms with Gasteiger partial charge in [-0.2, -0.15) is 0 Å². The van der Waals surface area contributed by atoms with Crippen molar-refractivity contribution in [1.29, 1.82) is 0 Å². The Morgan fingerprint density at radius 3 is 2.45 bits per heavy atom. The molecule has 0 bridgehead atoms. The second-order valence-corrected chi connectivity index (χ2v) is 3.19. The molecule has 1 nitrogen and oxygen atoms in total. The average Bonchev–Trinajstić information content (AvgIpc) is 2.03. The minimum absolute atomic E-state index is 0.141. The maximum absolute atomic E-state index is 10.1. The summed E-state index contributed by atoms with van der Waals surface area (Å²) in [6.07, 6.45) is 4.56. The van der Waals surface area contributed by atoms with Gasteiger partial charge in [-0.05, 0) is 12.8 Å². The normalized spacial score (nSPS) is 12.6. The standard InChI is InChI=1S/C8H12Cl2O/c1-2-3-4-5-7(9)8(10)6-11/h6H,2-5H2,1H3/b8-7-. The van der Waals surface area contributed by atoms with Gasteiger partial charge in [-0.15, -0.1) is 0 Å². The van der Waals surface area contributed by atoms with Crippen molar-refractivity contribution in [3.05, 3.63) is 10.1 Å². The molecule has 64 valence electrons. The quantitative estimate of drug-likeness (QED) is 0.373. The van der Waals surface area contributed by atoms with E-state index in [0.717, 1.165) is 19.3 Å². The molecule has 0 fully saturated rings. The van der Waals surface area contributed by atoms with Gasteiger partial charge in [-0.3, -0.25) is 4.79 Å². The van der Waals surface area contributed by atoms with Gasteiger partial charge in [-0.1, -0.05) is 43.0 Å². The summed E-state index contributed by atoms with van der Waals surface area (Å²) in [4.78, 5) is 10.1. The summed E-state index contributed by atoms with van der Waals surface area (Å²) in [6.45, 7) is 2.11. The molecular formula is C8H12Cl2O. The molecule has 0 aromatic carbocycles. The van der Waals surface area contributed by atoms with Crippen LogP contribution in [0.4, 0.5) is 0 Å². The monoisotopic (exact) mass is 194 g/mol. The lowest BCUT2D eigenvalue weighted by molar-refractivity contribution is -0.104. The number of halogens is 2. The Hall–Kier alpha value is -0.0100. The van der Waals surface area contributed by atoms with Gasteiger partial charge in [0.1, 0.15) is 0 Å². The first-order valence-electron chi connectivity index (χ1n) is 3.71. The number of rotatable bonds is 5. The van der Waals surface area contributed by atoms with Gasteiger partial charge < -0.3 is 0 Å². The highest BCUT2D eigenvalue weighted by molar-refractivity contribution is 6.45. The zero-order chi connectivity index (χ0) is 8.69. The number of carbonyl (C=O) groups excluding carboxylic acids is 1. The van der Waals surface area contributed by atoms with Crippen LogP contribution in [0.25, 0.3) is 0 Å². The Morgan fingerprint density at radius 1 is 1.36 bits per heavy atom. The van der Waals surface area contributed by atoms with Crippen LogP contribution in [0.2, 0.25) is 0 Å². The lowest BCUT2D eigenvalue weighted by Crippen LogP contribution is -1.81. The molecule has 0 aliphatic rings. The van der Waals surface area contributed by atoms with Crippen LogP contribution >= 0.6 is 23.2 Å². The Morgan fingerprint density at radius 2 is 2.00 bits per heavy atom. The van der Waals surface area contributed by atoms with Crippen molar-refractivity contribution in [2.24, 2.45) is 0 Å². The van der Waals surface area contributed by atoms with E-state index in [1.54, 1.807) is 0 Å². The zero-order valence-corrected chi connectivity index (χ0v) is 8.08. The van der Waals surface area contributed by atoms with Crippen LogP contribution in [0.5, 0.6) is 0 Å². The average molecular weight is 195 g/mol.